The Morgan fingerprint density at radius 3 is 2.41 bits per heavy atom. The summed E-state index contributed by atoms with van der Waals surface area (Å²) in [6.07, 6.45) is 11.2. The fourth-order valence-corrected chi connectivity index (χ4v) is 5.20. The SMILES string of the molecule is CNC(=O)CC1CN(C(=O)c2cncc3c2C=CC=C=C3)CCN1C(c1ccccc1)c1ccccc1. The first-order chi connectivity index (χ1) is 18.2. The molecule has 5 rings (SSSR count). The van der Waals surface area contributed by atoms with Gasteiger partial charge in [-0.15, -0.1) is 5.73 Å². The molecule has 0 spiro atoms. The minimum Gasteiger partial charge on any atom is -0.359 e. The van der Waals surface area contributed by atoms with Crippen molar-refractivity contribution >= 4 is 24.0 Å². The summed E-state index contributed by atoms with van der Waals surface area (Å²) in [6, 6.07) is 20.5. The molecule has 0 bridgehead atoms. The van der Waals surface area contributed by atoms with Crippen LogP contribution < -0.4 is 5.32 Å². The molecule has 1 aliphatic heterocycles. The van der Waals surface area contributed by atoms with Gasteiger partial charge in [0.25, 0.3) is 5.91 Å². The van der Waals surface area contributed by atoms with Crippen molar-refractivity contribution < 1.29 is 9.59 Å². The van der Waals surface area contributed by atoms with Gasteiger partial charge in [-0.3, -0.25) is 19.5 Å². The van der Waals surface area contributed by atoms with Crippen LogP contribution in [-0.2, 0) is 4.79 Å². The zero-order valence-electron chi connectivity index (χ0n) is 20.9. The Balaban J connectivity index is 1.48. The topological polar surface area (TPSA) is 65.5 Å². The van der Waals surface area contributed by atoms with E-state index in [9.17, 15) is 9.59 Å². The van der Waals surface area contributed by atoms with Crippen molar-refractivity contribution in [2.75, 3.05) is 26.7 Å². The molecule has 6 heteroatoms. The summed E-state index contributed by atoms with van der Waals surface area (Å²) in [5, 5.41) is 2.77. The quantitative estimate of drug-likeness (QED) is 0.523. The number of hydrogen-bond acceptors (Lipinski definition) is 4. The van der Waals surface area contributed by atoms with Gasteiger partial charge in [0.2, 0.25) is 5.91 Å². The molecule has 1 unspecified atom stereocenters. The molecule has 1 aliphatic carbocycles. The van der Waals surface area contributed by atoms with Crippen molar-refractivity contribution in [3.63, 3.8) is 0 Å². The largest absolute Gasteiger partial charge is 0.359 e. The molecule has 2 amide bonds. The second-order valence-electron chi connectivity index (χ2n) is 9.27. The average molecular weight is 491 g/mol. The number of pyridine rings is 1. The van der Waals surface area contributed by atoms with E-state index >= 15 is 0 Å². The van der Waals surface area contributed by atoms with E-state index in [1.54, 1.807) is 19.4 Å². The highest BCUT2D eigenvalue weighted by Crippen LogP contribution is 2.33. The molecule has 37 heavy (non-hydrogen) atoms. The zero-order valence-corrected chi connectivity index (χ0v) is 20.9. The van der Waals surface area contributed by atoms with Crippen LogP contribution in [0.1, 0.15) is 45.1 Å². The van der Waals surface area contributed by atoms with E-state index in [2.05, 4.69) is 45.2 Å². The fraction of sp³-hybridized carbons (Fsp3) is 0.226. The summed E-state index contributed by atoms with van der Waals surface area (Å²) >= 11 is 0. The van der Waals surface area contributed by atoms with E-state index in [1.165, 1.54) is 0 Å². The third kappa shape index (κ3) is 5.31. The zero-order chi connectivity index (χ0) is 25.6. The van der Waals surface area contributed by atoms with E-state index in [1.807, 2.05) is 65.6 Å². The van der Waals surface area contributed by atoms with Gasteiger partial charge in [-0.05, 0) is 28.8 Å². The number of fused-ring (bicyclic) bond motifs is 1. The van der Waals surface area contributed by atoms with E-state index in [-0.39, 0.29) is 23.9 Å². The molecule has 1 fully saturated rings. The summed E-state index contributed by atoms with van der Waals surface area (Å²) in [6.45, 7) is 1.65. The van der Waals surface area contributed by atoms with E-state index in [0.717, 1.165) is 22.3 Å². The van der Waals surface area contributed by atoms with Crippen LogP contribution in [0.2, 0.25) is 0 Å². The summed E-state index contributed by atoms with van der Waals surface area (Å²) in [7, 11) is 1.66. The fourth-order valence-electron chi connectivity index (χ4n) is 5.20. The number of carbonyl (C=O) groups excluding carboxylic acids is 2. The van der Waals surface area contributed by atoms with Gasteiger partial charge in [-0.25, -0.2) is 0 Å². The molecular formula is C31H30N4O2. The third-order valence-electron chi connectivity index (χ3n) is 7.02. The van der Waals surface area contributed by atoms with Crippen molar-refractivity contribution in [3.8, 4) is 0 Å². The highest BCUT2D eigenvalue weighted by atomic mass is 16.2. The molecular weight excluding hydrogens is 460 g/mol. The smallest absolute Gasteiger partial charge is 0.256 e. The van der Waals surface area contributed by atoms with Crippen molar-refractivity contribution in [1.29, 1.82) is 0 Å². The minimum absolute atomic E-state index is 0.0249. The highest BCUT2D eigenvalue weighted by Gasteiger charge is 2.36. The Labute approximate surface area is 217 Å². The molecule has 3 aromatic rings. The van der Waals surface area contributed by atoms with Crippen LogP contribution in [0.4, 0.5) is 0 Å². The Morgan fingerprint density at radius 2 is 1.73 bits per heavy atom. The lowest BCUT2D eigenvalue weighted by molar-refractivity contribution is -0.122. The molecule has 1 saturated heterocycles. The van der Waals surface area contributed by atoms with Gasteiger partial charge in [0, 0.05) is 57.1 Å². The first kappa shape index (κ1) is 24.4. The van der Waals surface area contributed by atoms with Crippen molar-refractivity contribution in [1.82, 2.24) is 20.1 Å². The van der Waals surface area contributed by atoms with Crippen LogP contribution in [0, 0.1) is 0 Å². The predicted molar refractivity (Wildman–Crippen MR) is 146 cm³/mol. The Hall–Kier alpha value is -4.25. The Morgan fingerprint density at radius 1 is 1.03 bits per heavy atom. The number of carbonyl (C=O) groups is 2. The van der Waals surface area contributed by atoms with Gasteiger partial charge >= 0.3 is 0 Å². The molecule has 2 aliphatic rings. The second-order valence-corrected chi connectivity index (χ2v) is 9.27. The predicted octanol–water partition coefficient (Wildman–Crippen LogP) is 4.33. The van der Waals surface area contributed by atoms with Crippen LogP contribution in [0.3, 0.4) is 0 Å². The number of hydrogen-bond donors (Lipinski definition) is 1. The molecule has 0 radical (unpaired) electrons. The molecule has 2 aromatic carbocycles. The molecule has 186 valence electrons. The second kappa shape index (κ2) is 11.2. The van der Waals surface area contributed by atoms with Gasteiger partial charge in [0.05, 0.1) is 11.6 Å². The van der Waals surface area contributed by atoms with E-state index in [0.29, 0.717) is 31.6 Å². The summed E-state index contributed by atoms with van der Waals surface area (Å²) in [5.41, 5.74) is 7.69. The summed E-state index contributed by atoms with van der Waals surface area (Å²) < 4.78 is 0. The van der Waals surface area contributed by atoms with E-state index in [4.69, 9.17) is 0 Å². The number of rotatable bonds is 6. The lowest BCUT2D eigenvalue weighted by Crippen LogP contribution is -2.56. The van der Waals surface area contributed by atoms with Crippen molar-refractivity contribution in [2.24, 2.45) is 0 Å². The minimum atomic E-state index is -0.157. The molecule has 1 N–H and O–H groups in total. The third-order valence-corrected chi connectivity index (χ3v) is 7.02. The van der Waals surface area contributed by atoms with Crippen LogP contribution in [-0.4, -0.2) is 59.3 Å². The van der Waals surface area contributed by atoms with Crippen LogP contribution in [0.15, 0.2) is 90.9 Å². The van der Waals surface area contributed by atoms with Gasteiger partial charge in [-0.2, -0.15) is 0 Å². The first-order valence-electron chi connectivity index (χ1n) is 12.6. The van der Waals surface area contributed by atoms with Crippen LogP contribution in [0.5, 0.6) is 0 Å². The van der Waals surface area contributed by atoms with E-state index < -0.39 is 0 Å². The normalized spacial score (nSPS) is 16.9. The number of allylic oxidation sites excluding steroid dienone is 2. The number of nitrogens with one attached hydrogen (secondary N) is 1. The maximum absolute atomic E-state index is 13.8. The van der Waals surface area contributed by atoms with Gasteiger partial charge < -0.3 is 10.2 Å². The number of benzene rings is 2. The molecule has 6 nitrogen and oxygen atoms in total. The van der Waals surface area contributed by atoms with Crippen molar-refractivity contribution in [3.05, 3.63) is 119 Å². The highest BCUT2D eigenvalue weighted by molar-refractivity contribution is 5.99. The lowest BCUT2D eigenvalue weighted by Gasteiger charge is -2.45. The Bertz CT molecular complexity index is 1320. The Kier molecular flexibility index (Phi) is 7.41. The molecule has 1 atom stereocenters. The number of amides is 2. The number of piperazine rings is 1. The van der Waals surface area contributed by atoms with Gasteiger partial charge in [0.15, 0.2) is 0 Å². The maximum atomic E-state index is 13.8. The number of aromatic nitrogens is 1. The lowest BCUT2D eigenvalue weighted by atomic mass is 9.93. The molecule has 1 aromatic heterocycles. The standard InChI is InChI=1S/C31H30N4O2/c1-32-29(36)19-26-22-34(31(37)28-21-33-20-25-15-9-4-10-16-27(25)28)17-18-35(26)30(23-11-5-2-6-12-23)24-13-7-3-8-14-24/h2-8,10-16,20-21,26,30H,17-19,22H2,1H3,(H,32,36). The molecule has 2 heterocycles. The summed E-state index contributed by atoms with van der Waals surface area (Å²) in [4.78, 5) is 35.0. The number of nitrogens with zero attached hydrogens (tertiary/aromatic N) is 3. The monoisotopic (exact) mass is 490 g/mol. The first-order valence-corrected chi connectivity index (χ1v) is 12.6. The van der Waals surface area contributed by atoms with Crippen LogP contribution >= 0.6 is 0 Å². The van der Waals surface area contributed by atoms with Gasteiger partial charge in [0.1, 0.15) is 0 Å². The summed E-state index contributed by atoms with van der Waals surface area (Å²) in [5.74, 6) is -0.111. The maximum Gasteiger partial charge on any atom is 0.256 e. The van der Waals surface area contributed by atoms with Crippen molar-refractivity contribution in [2.45, 2.75) is 18.5 Å². The van der Waals surface area contributed by atoms with Crippen LogP contribution in [0.25, 0.3) is 12.2 Å². The average Bonchev–Trinajstić information content (AvgIpc) is 3.20. The van der Waals surface area contributed by atoms with Gasteiger partial charge in [-0.1, -0.05) is 72.8 Å². The molecule has 0 saturated carbocycles.